The third-order valence-corrected chi connectivity index (χ3v) is 3.57. The van der Waals surface area contributed by atoms with Gasteiger partial charge in [-0.3, -0.25) is 4.79 Å². The summed E-state index contributed by atoms with van der Waals surface area (Å²) in [7, 11) is 4.62. The molecule has 1 aliphatic rings. The minimum absolute atomic E-state index is 0.0254. The number of nitrogens with zero attached hydrogens (tertiary/aromatic N) is 1. The van der Waals surface area contributed by atoms with Crippen molar-refractivity contribution in [1.29, 1.82) is 0 Å². The molecule has 6 heteroatoms. The van der Waals surface area contributed by atoms with Crippen LogP contribution in [0.2, 0.25) is 0 Å². The normalized spacial score (nSPS) is 18.3. The summed E-state index contributed by atoms with van der Waals surface area (Å²) in [5.41, 5.74) is 0.540. The van der Waals surface area contributed by atoms with E-state index in [9.17, 15) is 4.79 Å². The van der Waals surface area contributed by atoms with Crippen LogP contribution in [0.1, 0.15) is 17.3 Å². The Balaban J connectivity index is 2.32. The largest absolute Gasteiger partial charge is 0.493 e. The highest BCUT2D eigenvalue weighted by molar-refractivity contribution is 5.95. The van der Waals surface area contributed by atoms with E-state index in [1.165, 1.54) is 0 Å². The minimum atomic E-state index is -0.0254. The van der Waals surface area contributed by atoms with Crippen molar-refractivity contribution < 1.29 is 19.0 Å². The van der Waals surface area contributed by atoms with Crippen LogP contribution in [0.4, 0.5) is 0 Å². The summed E-state index contributed by atoms with van der Waals surface area (Å²) in [6.45, 7) is 4.25. The Morgan fingerprint density at radius 3 is 2.29 bits per heavy atom. The monoisotopic (exact) mass is 294 g/mol. The molecule has 2 rings (SSSR count). The van der Waals surface area contributed by atoms with Gasteiger partial charge in [0.25, 0.3) is 5.91 Å². The molecule has 1 aromatic carbocycles. The summed E-state index contributed by atoms with van der Waals surface area (Å²) in [4.78, 5) is 14.5. The predicted molar refractivity (Wildman–Crippen MR) is 79.5 cm³/mol. The maximum atomic E-state index is 12.6. The average Bonchev–Trinajstić information content (AvgIpc) is 2.52. The molecule has 1 unspecified atom stereocenters. The van der Waals surface area contributed by atoms with Gasteiger partial charge in [0.2, 0.25) is 5.75 Å². The van der Waals surface area contributed by atoms with Crippen molar-refractivity contribution in [2.45, 2.75) is 13.0 Å². The lowest BCUT2D eigenvalue weighted by molar-refractivity contribution is 0.0708. The molecule has 1 amide bonds. The maximum Gasteiger partial charge on any atom is 0.254 e. The van der Waals surface area contributed by atoms with Crippen LogP contribution in [0.15, 0.2) is 12.1 Å². The van der Waals surface area contributed by atoms with Crippen molar-refractivity contribution in [3.05, 3.63) is 17.7 Å². The quantitative estimate of drug-likeness (QED) is 0.902. The summed E-state index contributed by atoms with van der Waals surface area (Å²) in [6.07, 6.45) is 0. The van der Waals surface area contributed by atoms with Gasteiger partial charge in [-0.1, -0.05) is 0 Å². The van der Waals surface area contributed by atoms with Crippen molar-refractivity contribution in [2.24, 2.45) is 0 Å². The summed E-state index contributed by atoms with van der Waals surface area (Å²) >= 11 is 0. The number of amides is 1. The minimum Gasteiger partial charge on any atom is -0.493 e. The van der Waals surface area contributed by atoms with Gasteiger partial charge in [-0.25, -0.2) is 0 Å². The summed E-state index contributed by atoms with van der Waals surface area (Å²) in [5.74, 6) is 1.44. The van der Waals surface area contributed by atoms with Crippen LogP contribution in [-0.4, -0.2) is 57.8 Å². The molecule has 1 fully saturated rings. The molecule has 1 aromatic rings. The summed E-state index contributed by atoms with van der Waals surface area (Å²) in [5, 5.41) is 3.32. The molecule has 0 aromatic heterocycles. The molecule has 1 N–H and O–H groups in total. The number of rotatable bonds is 4. The van der Waals surface area contributed by atoms with Gasteiger partial charge in [-0.2, -0.15) is 0 Å². The second-order valence-corrected chi connectivity index (χ2v) is 5.02. The molecule has 1 aliphatic heterocycles. The number of nitrogens with one attached hydrogen (secondary N) is 1. The summed E-state index contributed by atoms with van der Waals surface area (Å²) < 4.78 is 15.9. The number of carbonyl (C=O) groups excluding carboxylic acids is 1. The van der Waals surface area contributed by atoms with Crippen LogP contribution in [0.25, 0.3) is 0 Å². The Morgan fingerprint density at radius 2 is 1.81 bits per heavy atom. The van der Waals surface area contributed by atoms with Gasteiger partial charge in [-0.05, 0) is 19.1 Å². The lowest BCUT2D eigenvalue weighted by Gasteiger charge is -2.32. The van der Waals surface area contributed by atoms with E-state index in [2.05, 4.69) is 12.2 Å². The lowest BCUT2D eigenvalue weighted by atomic mass is 10.1. The van der Waals surface area contributed by atoms with Crippen LogP contribution < -0.4 is 19.5 Å². The molecule has 0 radical (unpaired) electrons. The Kier molecular flexibility index (Phi) is 4.90. The van der Waals surface area contributed by atoms with Crippen molar-refractivity contribution in [3.8, 4) is 17.2 Å². The highest BCUT2D eigenvalue weighted by Crippen LogP contribution is 2.38. The number of piperazine rings is 1. The molecule has 21 heavy (non-hydrogen) atoms. The Morgan fingerprint density at radius 1 is 1.19 bits per heavy atom. The number of ether oxygens (including phenoxy) is 3. The first-order chi connectivity index (χ1) is 10.1. The Bertz CT molecular complexity index is 493. The first kappa shape index (κ1) is 15.4. The van der Waals surface area contributed by atoms with Crippen LogP contribution in [0.3, 0.4) is 0 Å². The Hall–Kier alpha value is -1.95. The van der Waals surface area contributed by atoms with E-state index in [0.29, 0.717) is 41.9 Å². The van der Waals surface area contributed by atoms with Crippen LogP contribution in [0, 0.1) is 0 Å². The molecule has 0 spiro atoms. The molecule has 116 valence electrons. The molecule has 1 heterocycles. The van der Waals surface area contributed by atoms with E-state index in [-0.39, 0.29) is 5.91 Å². The van der Waals surface area contributed by atoms with Gasteiger partial charge in [0.1, 0.15) is 0 Å². The lowest BCUT2D eigenvalue weighted by Crippen LogP contribution is -2.51. The average molecular weight is 294 g/mol. The molecular formula is C15H22N2O4. The molecule has 1 saturated heterocycles. The Labute approximate surface area is 125 Å². The third kappa shape index (κ3) is 3.21. The fourth-order valence-corrected chi connectivity index (χ4v) is 2.50. The summed E-state index contributed by atoms with van der Waals surface area (Å²) in [6, 6.07) is 3.68. The zero-order valence-electron chi connectivity index (χ0n) is 12.9. The topological polar surface area (TPSA) is 60.0 Å². The van der Waals surface area contributed by atoms with Crippen LogP contribution >= 0.6 is 0 Å². The van der Waals surface area contributed by atoms with Crippen molar-refractivity contribution in [3.63, 3.8) is 0 Å². The first-order valence-electron chi connectivity index (χ1n) is 6.93. The highest BCUT2D eigenvalue weighted by Gasteiger charge is 2.24. The zero-order chi connectivity index (χ0) is 15.4. The number of carbonyl (C=O) groups is 1. The van der Waals surface area contributed by atoms with Crippen molar-refractivity contribution >= 4 is 5.91 Å². The van der Waals surface area contributed by atoms with Crippen LogP contribution in [-0.2, 0) is 0 Å². The molecule has 0 aliphatic carbocycles. The number of benzene rings is 1. The number of hydrogen-bond donors (Lipinski definition) is 1. The first-order valence-corrected chi connectivity index (χ1v) is 6.93. The van der Waals surface area contributed by atoms with Gasteiger partial charge >= 0.3 is 0 Å². The smallest absolute Gasteiger partial charge is 0.254 e. The van der Waals surface area contributed by atoms with E-state index in [1.807, 2.05) is 4.90 Å². The third-order valence-electron chi connectivity index (χ3n) is 3.57. The second kappa shape index (κ2) is 6.67. The number of hydrogen-bond acceptors (Lipinski definition) is 5. The van der Waals surface area contributed by atoms with E-state index >= 15 is 0 Å². The van der Waals surface area contributed by atoms with Crippen molar-refractivity contribution in [1.82, 2.24) is 10.2 Å². The van der Waals surface area contributed by atoms with Gasteiger partial charge in [0.05, 0.1) is 21.3 Å². The highest BCUT2D eigenvalue weighted by atomic mass is 16.5. The van der Waals surface area contributed by atoms with Crippen molar-refractivity contribution in [2.75, 3.05) is 41.0 Å². The molecule has 6 nitrogen and oxygen atoms in total. The van der Waals surface area contributed by atoms with Gasteiger partial charge in [-0.15, -0.1) is 0 Å². The molecule has 0 bridgehead atoms. The standard InChI is InChI=1S/C15H22N2O4/c1-10-9-17(6-5-16-10)15(18)11-7-12(19-2)14(21-4)13(8-11)20-3/h7-8,10,16H,5-6,9H2,1-4H3. The van der Waals surface area contributed by atoms with Gasteiger partial charge in [0, 0.05) is 31.2 Å². The molecule has 1 atom stereocenters. The SMILES string of the molecule is COc1cc(C(=O)N2CCNC(C)C2)cc(OC)c1OC. The van der Waals surface area contributed by atoms with E-state index in [1.54, 1.807) is 33.5 Å². The van der Waals surface area contributed by atoms with E-state index in [0.717, 1.165) is 6.54 Å². The second-order valence-electron chi connectivity index (χ2n) is 5.02. The maximum absolute atomic E-state index is 12.6. The fraction of sp³-hybridized carbons (Fsp3) is 0.533. The number of methoxy groups -OCH3 is 3. The van der Waals surface area contributed by atoms with E-state index < -0.39 is 0 Å². The van der Waals surface area contributed by atoms with E-state index in [4.69, 9.17) is 14.2 Å². The van der Waals surface area contributed by atoms with Gasteiger partial charge < -0.3 is 24.4 Å². The van der Waals surface area contributed by atoms with Gasteiger partial charge in [0.15, 0.2) is 11.5 Å². The zero-order valence-corrected chi connectivity index (χ0v) is 12.9. The van der Waals surface area contributed by atoms with Crippen LogP contribution in [0.5, 0.6) is 17.2 Å². The molecule has 0 saturated carbocycles. The predicted octanol–water partition coefficient (Wildman–Crippen LogP) is 1.15. The molecular weight excluding hydrogens is 272 g/mol. The fourth-order valence-electron chi connectivity index (χ4n) is 2.50.